The maximum atomic E-state index is 12.3. The van der Waals surface area contributed by atoms with Crippen LogP contribution in [0.5, 0.6) is 11.5 Å². The zero-order chi connectivity index (χ0) is 16.5. The van der Waals surface area contributed by atoms with Gasteiger partial charge in [0.05, 0.1) is 12.0 Å². The van der Waals surface area contributed by atoms with Crippen molar-refractivity contribution in [3.63, 3.8) is 0 Å². The van der Waals surface area contributed by atoms with E-state index in [2.05, 4.69) is 0 Å². The van der Waals surface area contributed by atoms with Crippen LogP contribution in [0.4, 0.5) is 5.69 Å². The number of hydrogen-bond donors (Lipinski definition) is 0. The predicted octanol–water partition coefficient (Wildman–Crippen LogP) is 1.49. The largest absolute Gasteiger partial charge is 0.463 e. The average molecular weight is 333 g/mol. The molecule has 2 atom stereocenters. The van der Waals surface area contributed by atoms with E-state index in [-0.39, 0.29) is 37.8 Å². The van der Waals surface area contributed by atoms with Crippen LogP contribution >= 0.6 is 0 Å². The van der Waals surface area contributed by atoms with E-state index in [4.69, 9.17) is 18.9 Å². The third kappa shape index (κ3) is 2.91. The summed E-state index contributed by atoms with van der Waals surface area (Å²) in [4.78, 5) is 26.1. The highest BCUT2D eigenvalue weighted by Gasteiger charge is 2.37. The van der Waals surface area contributed by atoms with Gasteiger partial charge in [0.1, 0.15) is 6.61 Å². The molecule has 0 N–H and O–H groups in total. The standard InChI is InChI=1S/C17H19NO6/c19-16-6-11(17(20)22-9-13-2-1-5-21-13)8-18(16)12-3-4-14-15(7-12)24-10-23-14/h3-4,7,11,13H,1-2,5-6,8-10H2/t11-,13+/m1/s1. The zero-order valence-electron chi connectivity index (χ0n) is 13.2. The van der Waals surface area contributed by atoms with E-state index in [9.17, 15) is 9.59 Å². The maximum Gasteiger partial charge on any atom is 0.311 e. The molecule has 128 valence electrons. The van der Waals surface area contributed by atoms with Crippen LogP contribution in [0.25, 0.3) is 0 Å². The van der Waals surface area contributed by atoms with Crippen molar-refractivity contribution in [1.29, 1.82) is 0 Å². The highest BCUT2D eigenvalue weighted by atomic mass is 16.7. The van der Waals surface area contributed by atoms with E-state index in [1.165, 1.54) is 0 Å². The average Bonchev–Trinajstić information content (AvgIpc) is 3.32. The SMILES string of the molecule is O=C(OC[C@@H]1CCCO1)[C@@H]1CC(=O)N(c2ccc3c(c2)OCO3)C1. The zero-order valence-corrected chi connectivity index (χ0v) is 13.2. The first-order valence-corrected chi connectivity index (χ1v) is 8.19. The Morgan fingerprint density at radius 1 is 1.29 bits per heavy atom. The van der Waals surface area contributed by atoms with Crippen LogP contribution in [-0.4, -0.2) is 44.5 Å². The second kappa shape index (κ2) is 6.32. The van der Waals surface area contributed by atoms with Gasteiger partial charge in [-0.3, -0.25) is 9.59 Å². The normalized spacial score (nSPS) is 25.3. The Balaban J connectivity index is 1.38. The summed E-state index contributed by atoms with van der Waals surface area (Å²) in [6.45, 7) is 1.50. The van der Waals surface area contributed by atoms with E-state index in [1.807, 2.05) is 0 Å². The number of amides is 1. The van der Waals surface area contributed by atoms with Crippen LogP contribution in [0.1, 0.15) is 19.3 Å². The molecule has 0 unspecified atom stereocenters. The second-order valence-electron chi connectivity index (χ2n) is 6.21. The molecule has 0 aliphatic carbocycles. The fourth-order valence-electron chi connectivity index (χ4n) is 3.24. The summed E-state index contributed by atoms with van der Waals surface area (Å²) in [7, 11) is 0. The number of fused-ring (bicyclic) bond motifs is 1. The summed E-state index contributed by atoms with van der Waals surface area (Å²) in [6, 6.07) is 5.33. The summed E-state index contributed by atoms with van der Waals surface area (Å²) in [6.07, 6.45) is 2.08. The van der Waals surface area contributed by atoms with Gasteiger partial charge in [-0.1, -0.05) is 0 Å². The molecule has 24 heavy (non-hydrogen) atoms. The number of esters is 1. The molecule has 0 aromatic heterocycles. The first-order valence-electron chi connectivity index (χ1n) is 8.19. The molecule has 7 nitrogen and oxygen atoms in total. The monoisotopic (exact) mass is 333 g/mol. The van der Waals surface area contributed by atoms with Gasteiger partial charge in [-0.2, -0.15) is 0 Å². The summed E-state index contributed by atoms with van der Waals surface area (Å²) in [5.74, 6) is 0.418. The molecular weight excluding hydrogens is 314 g/mol. The Morgan fingerprint density at radius 3 is 3.00 bits per heavy atom. The van der Waals surface area contributed by atoms with Crippen LogP contribution in [0, 0.1) is 5.92 Å². The molecule has 0 radical (unpaired) electrons. The summed E-state index contributed by atoms with van der Waals surface area (Å²) in [5, 5.41) is 0. The van der Waals surface area contributed by atoms with Gasteiger partial charge in [-0.15, -0.1) is 0 Å². The van der Waals surface area contributed by atoms with Crippen molar-refractivity contribution in [1.82, 2.24) is 0 Å². The van der Waals surface area contributed by atoms with E-state index in [0.29, 0.717) is 23.7 Å². The lowest BCUT2D eigenvalue weighted by Crippen LogP contribution is -2.27. The van der Waals surface area contributed by atoms with Gasteiger partial charge in [0, 0.05) is 31.3 Å². The third-order valence-electron chi connectivity index (χ3n) is 4.56. The minimum atomic E-state index is -0.440. The van der Waals surface area contributed by atoms with Crippen molar-refractivity contribution in [2.45, 2.75) is 25.4 Å². The smallest absolute Gasteiger partial charge is 0.311 e. The third-order valence-corrected chi connectivity index (χ3v) is 4.56. The molecule has 1 aromatic carbocycles. The lowest BCUT2D eigenvalue weighted by molar-refractivity contribution is -0.151. The Morgan fingerprint density at radius 2 is 2.17 bits per heavy atom. The summed E-state index contributed by atoms with van der Waals surface area (Å²) < 4.78 is 21.4. The quantitative estimate of drug-likeness (QED) is 0.777. The van der Waals surface area contributed by atoms with Crippen molar-refractivity contribution < 1.29 is 28.5 Å². The number of rotatable bonds is 4. The maximum absolute atomic E-state index is 12.3. The van der Waals surface area contributed by atoms with Gasteiger partial charge in [-0.25, -0.2) is 0 Å². The minimum Gasteiger partial charge on any atom is -0.463 e. The van der Waals surface area contributed by atoms with Crippen LogP contribution in [0.15, 0.2) is 18.2 Å². The lowest BCUT2D eigenvalue weighted by atomic mass is 10.1. The number of carbonyl (C=O) groups is 2. The van der Waals surface area contributed by atoms with Crippen molar-refractivity contribution in [3.05, 3.63) is 18.2 Å². The van der Waals surface area contributed by atoms with Gasteiger partial charge in [-0.05, 0) is 25.0 Å². The molecule has 2 fully saturated rings. The van der Waals surface area contributed by atoms with E-state index in [0.717, 1.165) is 19.4 Å². The van der Waals surface area contributed by atoms with E-state index < -0.39 is 5.92 Å². The van der Waals surface area contributed by atoms with Crippen LogP contribution in [0.3, 0.4) is 0 Å². The molecule has 1 amide bonds. The van der Waals surface area contributed by atoms with Gasteiger partial charge < -0.3 is 23.8 Å². The number of ether oxygens (including phenoxy) is 4. The van der Waals surface area contributed by atoms with Gasteiger partial charge in [0.15, 0.2) is 11.5 Å². The van der Waals surface area contributed by atoms with E-state index >= 15 is 0 Å². The first kappa shape index (κ1) is 15.3. The lowest BCUT2D eigenvalue weighted by Gasteiger charge is -2.17. The Kier molecular flexibility index (Phi) is 4.02. The Hall–Kier alpha value is -2.28. The summed E-state index contributed by atoms with van der Waals surface area (Å²) >= 11 is 0. The van der Waals surface area contributed by atoms with Crippen molar-refractivity contribution in [3.8, 4) is 11.5 Å². The Labute approximate surface area is 139 Å². The molecule has 7 heteroatoms. The molecule has 3 heterocycles. The summed E-state index contributed by atoms with van der Waals surface area (Å²) in [5.41, 5.74) is 0.707. The highest BCUT2D eigenvalue weighted by molar-refractivity contribution is 5.99. The van der Waals surface area contributed by atoms with Crippen molar-refractivity contribution >= 4 is 17.6 Å². The minimum absolute atomic E-state index is 0.00369. The Bertz CT molecular complexity index is 654. The van der Waals surface area contributed by atoms with E-state index in [1.54, 1.807) is 23.1 Å². The molecular formula is C17H19NO6. The highest BCUT2D eigenvalue weighted by Crippen LogP contribution is 2.37. The van der Waals surface area contributed by atoms with Crippen LogP contribution in [-0.2, 0) is 19.1 Å². The van der Waals surface area contributed by atoms with Crippen LogP contribution in [0.2, 0.25) is 0 Å². The predicted molar refractivity (Wildman–Crippen MR) is 83.0 cm³/mol. The first-order chi connectivity index (χ1) is 11.7. The van der Waals surface area contributed by atoms with Crippen molar-refractivity contribution in [2.75, 3.05) is 31.5 Å². The number of carbonyl (C=O) groups excluding carboxylic acids is 2. The molecule has 3 aliphatic heterocycles. The van der Waals surface area contributed by atoms with Gasteiger partial charge in [0.25, 0.3) is 0 Å². The number of hydrogen-bond acceptors (Lipinski definition) is 6. The topological polar surface area (TPSA) is 74.3 Å². The molecule has 1 aromatic rings. The molecule has 4 rings (SSSR count). The number of nitrogens with zero attached hydrogens (tertiary/aromatic N) is 1. The fraction of sp³-hybridized carbons (Fsp3) is 0.529. The number of anilines is 1. The number of benzene rings is 1. The fourth-order valence-corrected chi connectivity index (χ4v) is 3.24. The van der Waals surface area contributed by atoms with Gasteiger partial charge in [0.2, 0.25) is 12.7 Å². The second-order valence-corrected chi connectivity index (χ2v) is 6.21. The molecule has 3 aliphatic rings. The molecule has 0 spiro atoms. The van der Waals surface area contributed by atoms with Crippen LogP contribution < -0.4 is 14.4 Å². The molecule has 2 saturated heterocycles. The van der Waals surface area contributed by atoms with Gasteiger partial charge >= 0.3 is 5.97 Å². The van der Waals surface area contributed by atoms with Crippen molar-refractivity contribution in [2.24, 2.45) is 5.92 Å². The molecule has 0 bridgehead atoms. The molecule has 0 saturated carbocycles.